The van der Waals surface area contributed by atoms with E-state index in [0.29, 0.717) is 11.3 Å². The van der Waals surface area contributed by atoms with Gasteiger partial charge in [0.2, 0.25) is 5.91 Å². The lowest BCUT2D eigenvalue weighted by Gasteiger charge is -2.14. The summed E-state index contributed by atoms with van der Waals surface area (Å²) in [7, 11) is 0. The lowest BCUT2D eigenvalue weighted by atomic mass is 10.0. The first-order valence-corrected chi connectivity index (χ1v) is 15.4. The number of carbonyl (C=O) groups excluding carboxylic acids is 3. The van der Waals surface area contributed by atoms with Gasteiger partial charge in [0.25, 0.3) is 11.8 Å². The van der Waals surface area contributed by atoms with Crippen LogP contribution in [0.1, 0.15) is 34.0 Å². The molecule has 5 aromatic rings. The third kappa shape index (κ3) is 7.62. The number of hydrogen-bond donors (Lipinski definition) is 3. The number of fused-ring (bicyclic) bond motifs is 1. The average molecular weight is 600 g/mol. The third-order valence-electron chi connectivity index (χ3n) is 7.12. The number of anilines is 2. The van der Waals surface area contributed by atoms with Gasteiger partial charge in [-0.1, -0.05) is 91.9 Å². The van der Waals surface area contributed by atoms with E-state index < -0.39 is 5.91 Å². The zero-order valence-electron chi connectivity index (χ0n) is 24.6. The van der Waals surface area contributed by atoms with Gasteiger partial charge in [-0.3, -0.25) is 14.4 Å². The van der Waals surface area contributed by atoms with Crippen LogP contribution in [-0.4, -0.2) is 23.5 Å². The van der Waals surface area contributed by atoms with E-state index in [0.717, 1.165) is 44.5 Å². The highest BCUT2D eigenvalue weighted by Gasteiger charge is 2.16. The van der Waals surface area contributed by atoms with E-state index in [9.17, 15) is 14.4 Å². The number of para-hydroxylation sites is 1. The zero-order valence-corrected chi connectivity index (χ0v) is 25.4. The van der Waals surface area contributed by atoms with Crippen LogP contribution in [0.5, 0.6) is 0 Å². The van der Waals surface area contributed by atoms with Gasteiger partial charge in [0, 0.05) is 21.8 Å². The molecule has 0 heterocycles. The van der Waals surface area contributed by atoms with Gasteiger partial charge in [0.05, 0.1) is 5.75 Å². The Bertz CT molecular complexity index is 1840. The highest BCUT2D eigenvalue weighted by atomic mass is 32.2. The Hall–Kier alpha value is -5.14. The molecule has 0 bridgehead atoms. The van der Waals surface area contributed by atoms with Crippen molar-refractivity contribution in [1.82, 2.24) is 5.32 Å². The van der Waals surface area contributed by atoms with Crippen LogP contribution in [0.4, 0.5) is 11.4 Å². The van der Waals surface area contributed by atoms with Gasteiger partial charge in [-0.25, -0.2) is 0 Å². The molecule has 0 unspecified atom stereocenters. The molecule has 0 radical (unpaired) electrons. The van der Waals surface area contributed by atoms with Crippen molar-refractivity contribution in [3.63, 3.8) is 0 Å². The summed E-state index contributed by atoms with van der Waals surface area (Å²) in [5.74, 6) is -0.734. The minimum absolute atomic E-state index is 0.0997. The molecule has 0 spiro atoms. The fraction of sp³-hybridized carbons (Fsp3) is 0.108. The van der Waals surface area contributed by atoms with Crippen molar-refractivity contribution < 1.29 is 14.4 Å². The number of amides is 3. The van der Waals surface area contributed by atoms with Crippen LogP contribution < -0.4 is 16.0 Å². The zero-order chi connectivity index (χ0) is 30.9. The predicted molar refractivity (Wildman–Crippen MR) is 181 cm³/mol. The van der Waals surface area contributed by atoms with Crippen LogP contribution in [0.15, 0.2) is 126 Å². The lowest BCUT2D eigenvalue weighted by Crippen LogP contribution is -2.30. The second-order valence-corrected chi connectivity index (χ2v) is 11.3. The minimum atomic E-state index is -0.464. The van der Waals surface area contributed by atoms with E-state index in [1.807, 2.05) is 91.9 Å². The van der Waals surface area contributed by atoms with Gasteiger partial charge >= 0.3 is 0 Å². The molecule has 0 aromatic heterocycles. The minimum Gasteiger partial charge on any atom is -0.325 e. The summed E-state index contributed by atoms with van der Waals surface area (Å²) in [4.78, 5) is 40.3. The molecule has 3 amide bonds. The van der Waals surface area contributed by atoms with Gasteiger partial charge in [0.1, 0.15) is 5.70 Å². The first-order chi connectivity index (χ1) is 21.4. The molecule has 0 aliphatic heterocycles. The van der Waals surface area contributed by atoms with Gasteiger partial charge in [-0.05, 0) is 77.2 Å². The molecule has 220 valence electrons. The van der Waals surface area contributed by atoms with Crippen molar-refractivity contribution in [2.45, 2.75) is 25.2 Å². The molecule has 0 saturated heterocycles. The van der Waals surface area contributed by atoms with E-state index >= 15 is 0 Å². The molecule has 0 atom stereocenters. The maximum Gasteiger partial charge on any atom is 0.272 e. The van der Waals surface area contributed by atoms with Crippen LogP contribution in [0, 0.1) is 6.92 Å². The normalized spacial score (nSPS) is 11.2. The van der Waals surface area contributed by atoms with E-state index in [4.69, 9.17) is 0 Å². The first-order valence-electron chi connectivity index (χ1n) is 14.4. The van der Waals surface area contributed by atoms with Gasteiger partial charge in [0.15, 0.2) is 0 Å². The summed E-state index contributed by atoms with van der Waals surface area (Å²) in [6, 6.07) is 35.8. The summed E-state index contributed by atoms with van der Waals surface area (Å²) in [6.07, 6.45) is 2.52. The van der Waals surface area contributed by atoms with Crippen LogP contribution in [0.3, 0.4) is 0 Å². The van der Waals surface area contributed by atoms with E-state index in [1.54, 1.807) is 36.4 Å². The quantitative estimate of drug-likeness (QED) is 0.113. The molecule has 6 nitrogen and oxygen atoms in total. The second kappa shape index (κ2) is 14.4. The number of hydrogen-bond acceptors (Lipinski definition) is 4. The average Bonchev–Trinajstić information content (AvgIpc) is 3.05. The Morgan fingerprint density at radius 3 is 2.32 bits per heavy atom. The smallest absolute Gasteiger partial charge is 0.272 e. The number of carbonyl (C=O) groups is 3. The molecule has 7 heteroatoms. The number of aryl methyl sites for hydroxylation is 2. The van der Waals surface area contributed by atoms with Crippen molar-refractivity contribution in [2.75, 3.05) is 16.4 Å². The van der Waals surface area contributed by atoms with Crippen LogP contribution in [0.25, 0.3) is 16.8 Å². The highest BCUT2D eigenvalue weighted by molar-refractivity contribution is 8.00. The molecule has 3 N–H and O–H groups in total. The molecule has 0 saturated carbocycles. The van der Waals surface area contributed by atoms with Gasteiger partial charge < -0.3 is 16.0 Å². The Morgan fingerprint density at radius 1 is 0.773 bits per heavy atom. The van der Waals surface area contributed by atoms with Crippen molar-refractivity contribution in [1.29, 1.82) is 0 Å². The third-order valence-corrected chi connectivity index (χ3v) is 8.11. The van der Waals surface area contributed by atoms with E-state index in [2.05, 4.69) is 22.9 Å². The van der Waals surface area contributed by atoms with E-state index in [-0.39, 0.29) is 23.3 Å². The molecule has 0 fully saturated rings. The summed E-state index contributed by atoms with van der Waals surface area (Å²) >= 11 is 1.38. The molecule has 5 aromatic carbocycles. The fourth-order valence-electron chi connectivity index (χ4n) is 4.86. The maximum atomic E-state index is 13.6. The van der Waals surface area contributed by atoms with Crippen molar-refractivity contribution in [3.8, 4) is 0 Å². The van der Waals surface area contributed by atoms with E-state index in [1.165, 1.54) is 11.8 Å². The predicted octanol–water partition coefficient (Wildman–Crippen LogP) is 7.85. The molecule has 5 rings (SSSR count). The van der Waals surface area contributed by atoms with Crippen LogP contribution in [0.2, 0.25) is 0 Å². The van der Waals surface area contributed by atoms with Crippen molar-refractivity contribution in [2.24, 2.45) is 0 Å². The molecule has 0 aliphatic carbocycles. The Labute approximate surface area is 261 Å². The van der Waals surface area contributed by atoms with Gasteiger partial charge in [-0.2, -0.15) is 0 Å². The maximum absolute atomic E-state index is 13.6. The van der Waals surface area contributed by atoms with Crippen molar-refractivity contribution in [3.05, 3.63) is 143 Å². The van der Waals surface area contributed by atoms with Gasteiger partial charge in [-0.15, -0.1) is 11.8 Å². The fourth-order valence-corrected chi connectivity index (χ4v) is 5.62. The summed E-state index contributed by atoms with van der Waals surface area (Å²) in [5, 5.41) is 10.8. The highest BCUT2D eigenvalue weighted by Crippen LogP contribution is 2.25. The SMILES string of the molecule is CCc1cccc(C)c1NC(=O)CSc1cccc(NC(=O)/C(=C\c2cccc3ccccc23)NC(=O)c2ccccc2)c1. The summed E-state index contributed by atoms with van der Waals surface area (Å²) in [6.45, 7) is 4.05. The Balaban J connectivity index is 1.33. The lowest BCUT2D eigenvalue weighted by molar-refractivity contribution is -0.114. The number of thioether (sulfide) groups is 1. The molecule has 44 heavy (non-hydrogen) atoms. The number of benzene rings is 5. The summed E-state index contributed by atoms with van der Waals surface area (Å²) in [5.41, 5.74) is 4.89. The largest absolute Gasteiger partial charge is 0.325 e. The topological polar surface area (TPSA) is 87.3 Å². The Morgan fingerprint density at radius 2 is 1.50 bits per heavy atom. The van der Waals surface area contributed by atoms with Crippen molar-refractivity contribution >= 4 is 57.7 Å². The van der Waals surface area contributed by atoms with Crippen LogP contribution in [-0.2, 0) is 16.0 Å². The monoisotopic (exact) mass is 599 g/mol. The standard InChI is InChI=1S/C37H33N3O3S/c1-3-26-16-9-12-25(2)35(26)40-34(41)24-44-31-20-11-19-30(23-31)38-37(43)33(39-36(42)28-14-5-4-6-15-28)22-29-18-10-17-27-13-7-8-21-32(27)29/h4-23H,3,24H2,1-2H3,(H,38,43)(H,39,42)(H,40,41)/b33-22+. The molecular formula is C37H33N3O3S. The molecular weight excluding hydrogens is 566 g/mol. The Kier molecular flexibility index (Phi) is 9.89. The number of nitrogens with one attached hydrogen (secondary N) is 3. The van der Waals surface area contributed by atoms with Crippen LogP contribution >= 0.6 is 11.8 Å². The number of rotatable bonds is 10. The second-order valence-electron chi connectivity index (χ2n) is 10.2. The first kappa shape index (κ1) is 30.3. The molecule has 0 aliphatic rings. The summed E-state index contributed by atoms with van der Waals surface area (Å²) < 4.78 is 0.